The number of nitrogens with one attached hydrogen (secondary N) is 1. The van der Waals surface area contributed by atoms with Gasteiger partial charge in [-0.2, -0.15) is 13.2 Å². The summed E-state index contributed by atoms with van der Waals surface area (Å²) < 4.78 is 55.7. The minimum absolute atomic E-state index is 0.180. The maximum Gasteiger partial charge on any atom is 0.416 e. The van der Waals surface area contributed by atoms with Crippen LogP contribution in [-0.2, 0) is 6.18 Å². The van der Waals surface area contributed by atoms with E-state index in [9.17, 15) is 22.4 Å². The van der Waals surface area contributed by atoms with Crippen molar-refractivity contribution in [1.82, 2.24) is 0 Å². The van der Waals surface area contributed by atoms with E-state index in [1.165, 1.54) is 6.07 Å². The number of carboxylic acids is 1. The molecule has 0 amide bonds. The van der Waals surface area contributed by atoms with E-state index in [1.54, 1.807) is 0 Å². The minimum Gasteiger partial charge on any atom is -0.475 e. The smallest absolute Gasteiger partial charge is 0.416 e. The first-order valence-electron chi connectivity index (χ1n) is 5.24. The molecule has 0 aliphatic rings. The molecule has 0 saturated heterocycles. The summed E-state index contributed by atoms with van der Waals surface area (Å²) in [6.07, 6.45) is -4.61. The SMILES string of the molecule is O=C(O)c1ccc(Nc2cc(C(F)(F)F)ccc2F)o1. The molecule has 0 bridgehead atoms. The Morgan fingerprint density at radius 3 is 2.45 bits per heavy atom. The molecule has 20 heavy (non-hydrogen) atoms. The second kappa shape index (κ2) is 4.87. The van der Waals surface area contributed by atoms with Gasteiger partial charge in [-0.1, -0.05) is 0 Å². The van der Waals surface area contributed by atoms with E-state index in [-0.39, 0.29) is 5.88 Å². The van der Waals surface area contributed by atoms with Crippen molar-refractivity contribution in [2.45, 2.75) is 6.18 Å². The Morgan fingerprint density at radius 1 is 1.20 bits per heavy atom. The number of carboxylic acid groups (broad SMARTS) is 1. The first-order valence-corrected chi connectivity index (χ1v) is 5.24. The van der Waals surface area contributed by atoms with Crippen LogP contribution in [0.3, 0.4) is 0 Å². The zero-order chi connectivity index (χ0) is 14.9. The monoisotopic (exact) mass is 289 g/mol. The Balaban J connectivity index is 2.30. The molecule has 1 aromatic carbocycles. The fraction of sp³-hybridized carbons (Fsp3) is 0.0833. The average molecular weight is 289 g/mol. The number of hydrogen-bond donors (Lipinski definition) is 2. The van der Waals surface area contributed by atoms with Crippen molar-refractivity contribution in [3.05, 3.63) is 47.5 Å². The van der Waals surface area contributed by atoms with Gasteiger partial charge in [-0.3, -0.25) is 0 Å². The predicted octanol–water partition coefficient (Wildman–Crippen LogP) is 3.88. The zero-order valence-corrected chi connectivity index (χ0v) is 9.66. The molecule has 0 spiro atoms. The van der Waals surface area contributed by atoms with Crippen LogP contribution in [-0.4, -0.2) is 11.1 Å². The summed E-state index contributed by atoms with van der Waals surface area (Å²) in [6.45, 7) is 0. The normalized spacial score (nSPS) is 11.4. The highest BCUT2D eigenvalue weighted by Gasteiger charge is 2.31. The van der Waals surface area contributed by atoms with Gasteiger partial charge in [0, 0.05) is 6.07 Å². The van der Waals surface area contributed by atoms with E-state index in [2.05, 4.69) is 5.32 Å². The van der Waals surface area contributed by atoms with Gasteiger partial charge in [0.2, 0.25) is 5.76 Å². The third-order valence-corrected chi connectivity index (χ3v) is 2.37. The molecule has 1 aromatic heterocycles. The van der Waals surface area contributed by atoms with Gasteiger partial charge >= 0.3 is 12.1 Å². The Hall–Kier alpha value is -2.51. The van der Waals surface area contributed by atoms with Gasteiger partial charge in [-0.15, -0.1) is 0 Å². The lowest BCUT2D eigenvalue weighted by atomic mass is 10.2. The molecule has 2 rings (SSSR count). The third-order valence-electron chi connectivity index (χ3n) is 2.37. The average Bonchev–Trinajstić information content (AvgIpc) is 2.79. The second-order valence-corrected chi connectivity index (χ2v) is 3.79. The Bertz CT molecular complexity index is 648. The molecule has 8 heteroatoms. The van der Waals surface area contributed by atoms with E-state index in [4.69, 9.17) is 9.52 Å². The number of halogens is 4. The lowest BCUT2D eigenvalue weighted by Crippen LogP contribution is -2.06. The highest BCUT2D eigenvalue weighted by atomic mass is 19.4. The van der Waals surface area contributed by atoms with Gasteiger partial charge in [0.25, 0.3) is 0 Å². The van der Waals surface area contributed by atoms with Gasteiger partial charge in [0.1, 0.15) is 5.82 Å². The molecule has 0 aliphatic heterocycles. The fourth-order valence-electron chi connectivity index (χ4n) is 1.45. The molecular formula is C12H7F4NO3. The molecule has 4 nitrogen and oxygen atoms in total. The zero-order valence-electron chi connectivity index (χ0n) is 9.66. The van der Waals surface area contributed by atoms with Crippen molar-refractivity contribution in [3.8, 4) is 0 Å². The van der Waals surface area contributed by atoms with Gasteiger partial charge in [-0.05, 0) is 24.3 Å². The molecule has 0 saturated carbocycles. The number of carbonyl (C=O) groups is 1. The lowest BCUT2D eigenvalue weighted by Gasteiger charge is -2.10. The minimum atomic E-state index is -4.61. The number of aromatic carboxylic acids is 1. The Kier molecular flexibility index (Phi) is 3.39. The van der Waals surface area contributed by atoms with Crippen molar-refractivity contribution >= 4 is 17.5 Å². The summed E-state index contributed by atoms with van der Waals surface area (Å²) in [5, 5.41) is 10.9. The van der Waals surface area contributed by atoms with E-state index in [0.717, 1.165) is 6.07 Å². The highest BCUT2D eigenvalue weighted by molar-refractivity contribution is 5.85. The second-order valence-electron chi connectivity index (χ2n) is 3.79. The molecule has 2 N–H and O–H groups in total. The number of alkyl halides is 3. The van der Waals surface area contributed by atoms with Crippen LogP contribution in [0.15, 0.2) is 34.7 Å². The molecule has 0 fully saturated rings. The van der Waals surface area contributed by atoms with Crippen LogP contribution in [0.25, 0.3) is 0 Å². The quantitative estimate of drug-likeness (QED) is 0.842. The summed E-state index contributed by atoms with van der Waals surface area (Å²) in [7, 11) is 0. The molecule has 0 atom stereocenters. The van der Waals surface area contributed by atoms with Gasteiger partial charge in [0.05, 0.1) is 11.3 Å². The largest absolute Gasteiger partial charge is 0.475 e. The summed E-state index contributed by atoms with van der Waals surface area (Å²) in [5.41, 5.74) is -1.50. The number of anilines is 2. The van der Waals surface area contributed by atoms with Gasteiger partial charge < -0.3 is 14.8 Å². The first-order chi connectivity index (χ1) is 9.27. The maximum atomic E-state index is 13.4. The van der Waals surface area contributed by atoms with Crippen LogP contribution < -0.4 is 5.32 Å². The summed E-state index contributed by atoms with van der Waals surface area (Å²) in [5.74, 6) is -2.87. The number of benzene rings is 1. The van der Waals surface area contributed by atoms with Crippen LogP contribution in [0.5, 0.6) is 0 Å². The number of rotatable bonds is 3. The summed E-state index contributed by atoms with van der Waals surface area (Å²) >= 11 is 0. The van der Waals surface area contributed by atoms with Gasteiger partial charge in [-0.25, -0.2) is 9.18 Å². The van der Waals surface area contributed by atoms with E-state index in [1.807, 2.05) is 0 Å². The summed E-state index contributed by atoms with van der Waals surface area (Å²) in [4.78, 5) is 10.6. The van der Waals surface area contributed by atoms with Crippen LogP contribution in [0, 0.1) is 5.82 Å². The molecule has 106 valence electrons. The summed E-state index contributed by atoms with van der Waals surface area (Å²) in [6, 6.07) is 4.09. The lowest BCUT2D eigenvalue weighted by molar-refractivity contribution is -0.137. The molecule has 0 radical (unpaired) electrons. The van der Waals surface area contributed by atoms with Crippen molar-refractivity contribution in [3.63, 3.8) is 0 Å². The van der Waals surface area contributed by atoms with Crippen LogP contribution >= 0.6 is 0 Å². The van der Waals surface area contributed by atoms with Crippen molar-refractivity contribution in [2.75, 3.05) is 5.32 Å². The van der Waals surface area contributed by atoms with Crippen LogP contribution in [0.2, 0.25) is 0 Å². The van der Waals surface area contributed by atoms with E-state index < -0.39 is 35.0 Å². The number of furan rings is 1. The Labute approximate surface area is 109 Å². The van der Waals surface area contributed by atoms with Crippen molar-refractivity contribution < 1.29 is 31.9 Å². The first kappa shape index (κ1) is 13.9. The molecule has 0 aliphatic carbocycles. The predicted molar refractivity (Wildman–Crippen MR) is 60.4 cm³/mol. The van der Waals surface area contributed by atoms with E-state index >= 15 is 0 Å². The van der Waals surface area contributed by atoms with E-state index in [0.29, 0.717) is 18.2 Å². The van der Waals surface area contributed by atoms with Crippen molar-refractivity contribution in [2.24, 2.45) is 0 Å². The molecule has 0 unspecified atom stereocenters. The van der Waals surface area contributed by atoms with Gasteiger partial charge in [0.15, 0.2) is 5.88 Å². The molecular weight excluding hydrogens is 282 g/mol. The molecule has 2 aromatic rings. The van der Waals surface area contributed by atoms with Crippen LogP contribution in [0.1, 0.15) is 16.1 Å². The number of hydrogen-bond acceptors (Lipinski definition) is 3. The standard InChI is InChI=1S/C12H7F4NO3/c13-7-2-1-6(12(14,15)16)5-8(7)17-10-4-3-9(20-10)11(18)19/h1-5,17H,(H,18,19). The third kappa shape index (κ3) is 2.90. The Morgan fingerprint density at radius 2 is 1.90 bits per heavy atom. The van der Waals surface area contributed by atoms with Crippen molar-refractivity contribution in [1.29, 1.82) is 0 Å². The maximum absolute atomic E-state index is 13.4. The topological polar surface area (TPSA) is 62.5 Å². The van der Waals surface area contributed by atoms with Crippen LogP contribution in [0.4, 0.5) is 29.1 Å². The highest BCUT2D eigenvalue weighted by Crippen LogP contribution is 2.32. The molecule has 1 heterocycles. The fourth-order valence-corrected chi connectivity index (χ4v) is 1.45.